The maximum Gasteiger partial charge on any atom is 0.415 e. The quantitative estimate of drug-likeness (QED) is 0.642. The van der Waals surface area contributed by atoms with Gasteiger partial charge in [0, 0.05) is 49.0 Å². The van der Waals surface area contributed by atoms with Gasteiger partial charge in [-0.25, -0.2) is 9.59 Å². The van der Waals surface area contributed by atoms with Crippen LogP contribution in [0.25, 0.3) is 0 Å². The first-order valence-electron chi connectivity index (χ1n) is 11.5. The number of ether oxygens (including phenoxy) is 2. The van der Waals surface area contributed by atoms with Crippen molar-refractivity contribution in [3.8, 4) is 5.75 Å². The van der Waals surface area contributed by atoms with Crippen LogP contribution in [0, 0.1) is 0 Å². The highest BCUT2D eigenvalue weighted by atomic mass is 31.0. The minimum Gasteiger partial charge on any atom is -0.496 e. The number of amides is 1. The molecule has 2 saturated heterocycles. The molecule has 2 aliphatic heterocycles. The number of aromatic carboxylic acids is 1. The van der Waals surface area contributed by atoms with Crippen molar-refractivity contribution in [1.29, 1.82) is 0 Å². The van der Waals surface area contributed by atoms with Crippen molar-refractivity contribution in [2.45, 2.75) is 51.2 Å². The number of piperidine rings is 1. The molecule has 1 spiro atoms. The van der Waals surface area contributed by atoms with E-state index in [4.69, 9.17) is 14.6 Å². The lowest BCUT2D eigenvalue weighted by atomic mass is 9.85. The van der Waals surface area contributed by atoms with Gasteiger partial charge < -0.3 is 14.6 Å². The lowest BCUT2D eigenvalue weighted by Crippen LogP contribution is -2.46. The van der Waals surface area contributed by atoms with E-state index in [1.807, 2.05) is 0 Å². The smallest absolute Gasteiger partial charge is 0.415 e. The molecule has 0 bridgehead atoms. The summed E-state index contributed by atoms with van der Waals surface area (Å²) in [7, 11) is 4.51. The van der Waals surface area contributed by atoms with Crippen LogP contribution in [0.1, 0.15) is 55.1 Å². The SMILES string of the molecule is COc1c(P)cc(CN2CCC3(CC2)CN(c2ccc(C(=O)O)cc2)C(=O)O3)cc1C(C)(C)C. The number of hydrogen-bond donors (Lipinski definition) is 1. The molecule has 182 valence electrons. The molecular weight excluding hydrogens is 451 g/mol. The molecule has 0 saturated carbocycles. The van der Waals surface area contributed by atoms with Crippen LogP contribution in [-0.4, -0.2) is 54.4 Å². The number of carboxylic acid groups (broad SMARTS) is 1. The first-order valence-corrected chi connectivity index (χ1v) is 12.1. The molecule has 1 unspecified atom stereocenters. The van der Waals surface area contributed by atoms with Crippen molar-refractivity contribution in [2.75, 3.05) is 31.6 Å². The molecule has 1 atom stereocenters. The number of hydrogen-bond acceptors (Lipinski definition) is 5. The monoisotopic (exact) mass is 484 g/mol. The lowest BCUT2D eigenvalue weighted by molar-refractivity contribution is -0.000981. The normalized spacial score (nSPS) is 18.3. The molecule has 2 heterocycles. The van der Waals surface area contributed by atoms with E-state index in [2.05, 4.69) is 47.0 Å². The summed E-state index contributed by atoms with van der Waals surface area (Å²) in [6.07, 6.45) is 1.16. The summed E-state index contributed by atoms with van der Waals surface area (Å²) in [5, 5.41) is 10.2. The molecule has 2 fully saturated rings. The fourth-order valence-electron chi connectivity index (χ4n) is 4.83. The van der Waals surface area contributed by atoms with E-state index in [1.54, 1.807) is 24.1 Å². The Morgan fingerprint density at radius 2 is 1.82 bits per heavy atom. The van der Waals surface area contributed by atoms with E-state index in [1.165, 1.54) is 23.3 Å². The average molecular weight is 485 g/mol. The molecule has 0 radical (unpaired) electrons. The minimum atomic E-state index is -0.986. The molecule has 8 heteroatoms. The summed E-state index contributed by atoms with van der Waals surface area (Å²) in [4.78, 5) is 27.7. The van der Waals surface area contributed by atoms with E-state index in [0.717, 1.165) is 43.5 Å². The van der Waals surface area contributed by atoms with Gasteiger partial charge in [-0.15, -0.1) is 9.24 Å². The summed E-state index contributed by atoms with van der Waals surface area (Å²) in [6.45, 7) is 9.57. The van der Waals surface area contributed by atoms with E-state index in [0.29, 0.717) is 12.2 Å². The van der Waals surface area contributed by atoms with E-state index in [-0.39, 0.29) is 17.1 Å². The maximum absolute atomic E-state index is 12.6. The van der Waals surface area contributed by atoms with Crippen LogP contribution in [-0.2, 0) is 16.7 Å². The highest BCUT2D eigenvalue weighted by Crippen LogP contribution is 2.37. The molecule has 34 heavy (non-hydrogen) atoms. The Hall–Kier alpha value is -2.63. The lowest BCUT2D eigenvalue weighted by Gasteiger charge is -2.37. The zero-order chi connectivity index (χ0) is 24.7. The summed E-state index contributed by atoms with van der Waals surface area (Å²) in [6, 6.07) is 10.8. The highest BCUT2D eigenvalue weighted by Gasteiger charge is 2.47. The third-order valence-electron chi connectivity index (χ3n) is 6.76. The van der Waals surface area contributed by atoms with Crippen LogP contribution in [0.3, 0.4) is 0 Å². The fraction of sp³-hybridized carbons (Fsp3) is 0.462. The van der Waals surface area contributed by atoms with Crippen molar-refractivity contribution >= 4 is 32.3 Å². The first-order chi connectivity index (χ1) is 16.0. The van der Waals surface area contributed by atoms with Crippen LogP contribution < -0.4 is 14.9 Å². The molecular formula is C26H33N2O5P. The van der Waals surface area contributed by atoms with Crippen LogP contribution in [0.5, 0.6) is 5.75 Å². The van der Waals surface area contributed by atoms with Crippen molar-refractivity contribution in [1.82, 2.24) is 4.90 Å². The third kappa shape index (κ3) is 4.91. The molecule has 2 aliphatic rings. The Bertz CT molecular complexity index is 1090. The number of anilines is 1. The minimum absolute atomic E-state index is 0.0250. The molecule has 1 N–H and O–H groups in total. The van der Waals surface area contributed by atoms with Gasteiger partial charge in [0.15, 0.2) is 0 Å². The Labute approximate surface area is 203 Å². The molecule has 0 aliphatic carbocycles. The number of methoxy groups -OCH3 is 1. The van der Waals surface area contributed by atoms with Gasteiger partial charge in [0.25, 0.3) is 0 Å². The topological polar surface area (TPSA) is 79.3 Å². The van der Waals surface area contributed by atoms with Crippen LogP contribution in [0.15, 0.2) is 36.4 Å². The molecule has 4 rings (SSSR count). The zero-order valence-electron chi connectivity index (χ0n) is 20.3. The van der Waals surface area contributed by atoms with Gasteiger partial charge in [-0.1, -0.05) is 26.8 Å². The summed E-state index contributed by atoms with van der Waals surface area (Å²) in [5.74, 6) is -0.0622. The number of carbonyl (C=O) groups excluding carboxylic acids is 1. The maximum atomic E-state index is 12.6. The predicted molar refractivity (Wildman–Crippen MR) is 136 cm³/mol. The van der Waals surface area contributed by atoms with Gasteiger partial charge in [0.2, 0.25) is 0 Å². The summed E-state index contributed by atoms with van der Waals surface area (Å²) >= 11 is 0. The predicted octanol–water partition coefficient (Wildman–Crippen LogP) is 4.18. The Balaban J connectivity index is 1.42. The van der Waals surface area contributed by atoms with Gasteiger partial charge in [-0.3, -0.25) is 9.80 Å². The standard InChI is InChI=1S/C26H33N2O5P/c1-25(2,3)20-13-17(14-21(34)22(20)32-4)15-27-11-9-26(10-12-27)16-28(24(31)33-26)19-7-5-18(6-8-19)23(29)30/h5-8,13-14H,9-12,15-16,34H2,1-4H3,(H,29,30). The van der Waals surface area contributed by atoms with Gasteiger partial charge in [-0.2, -0.15) is 0 Å². The zero-order valence-corrected chi connectivity index (χ0v) is 21.4. The summed E-state index contributed by atoms with van der Waals surface area (Å²) in [5.41, 5.74) is 2.77. The molecule has 2 aromatic carbocycles. The van der Waals surface area contributed by atoms with Gasteiger partial charge in [-0.05, 0) is 41.3 Å². The van der Waals surface area contributed by atoms with Crippen molar-refractivity contribution in [2.24, 2.45) is 0 Å². The van der Waals surface area contributed by atoms with E-state index < -0.39 is 11.6 Å². The van der Waals surface area contributed by atoms with Gasteiger partial charge in [0.05, 0.1) is 19.2 Å². The van der Waals surface area contributed by atoms with Crippen LogP contribution in [0.4, 0.5) is 10.5 Å². The largest absolute Gasteiger partial charge is 0.496 e. The number of likely N-dealkylation sites (tertiary alicyclic amines) is 1. The third-order valence-corrected chi connectivity index (χ3v) is 7.19. The van der Waals surface area contributed by atoms with E-state index in [9.17, 15) is 9.59 Å². The second kappa shape index (κ2) is 9.20. The average Bonchev–Trinajstić information content (AvgIpc) is 3.10. The number of rotatable bonds is 5. The van der Waals surface area contributed by atoms with E-state index >= 15 is 0 Å². The number of benzene rings is 2. The second-order valence-electron chi connectivity index (χ2n) is 10.3. The summed E-state index contributed by atoms with van der Waals surface area (Å²) < 4.78 is 11.5. The fourth-order valence-corrected chi connectivity index (χ4v) is 5.32. The van der Waals surface area contributed by atoms with Crippen LogP contribution >= 0.6 is 9.24 Å². The molecule has 2 aromatic rings. The number of carbonyl (C=O) groups is 2. The van der Waals surface area contributed by atoms with Gasteiger partial charge >= 0.3 is 12.1 Å². The van der Waals surface area contributed by atoms with Crippen LogP contribution in [0.2, 0.25) is 0 Å². The Morgan fingerprint density at radius 1 is 1.18 bits per heavy atom. The molecule has 0 aromatic heterocycles. The second-order valence-corrected chi connectivity index (χ2v) is 10.9. The highest BCUT2D eigenvalue weighted by molar-refractivity contribution is 7.27. The number of nitrogens with zero attached hydrogens (tertiary/aromatic N) is 2. The van der Waals surface area contributed by atoms with Gasteiger partial charge in [0.1, 0.15) is 11.4 Å². The first kappa shape index (κ1) is 24.5. The van der Waals surface area contributed by atoms with Crippen molar-refractivity contribution < 1.29 is 24.2 Å². The Kier molecular flexibility index (Phi) is 6.63. The molecule has 7 nitrogen and oxygen atoms in total. The molecule has 1 amide bonds. The van der Waals surface area contributed by atoms with Crippen molar-refractivity contribution in [3.05, 3.63) is 53.1 Å². The Morgan fingerprint density at radius 3 is 2.38 bits per heavy atom. The van der Waals surface area contributed by atoms with Crippen molar-refractivity contribution in [3.63, 3.8) is 0 Å². The number of carboxylic acids is 1.